The normalized spacial score (nSPS) is 16.6. The van der Waals surface area contributed by atoms with Crippen molar-refractivity contribution in [2.24, 2.45) is 0 Å². The number of nitrogens with zero attached hydrogens (tertiary/aromatic N) is 3. The van der Waals surface area contributed by atoms with Gasteiger partial charge in [-0.2, -0.15) is 5.26 Å². The zero-order valence-corrected chi connectivity index (χ0v) is 14.8. The third-order valence-corrected chi connectivity index (χ3v) is 4.38. The Labute approximate surface area is 153 Å². The van der Waals surface area contributed by atoms with Crippen molar-refractivity contribution in [3.8, 4) is 6.07 Å². The highest BCUT2D eigenvalue weighted by atomic mass is 16.6. The number of rotatable bonds is 9. The van der Waals surface area contributed by atoms with Crippen molar-refractivity contribution >= 4 is 12.1 Å². The summed E-state index contributed by atoms with van der Waals surface area (Å²) in [6, 6.07) is 10.6. The average molecular weight is 359 g/mol. The number of urea groups is 1. The second-order valence-electron chi connectivity index (χ2n) is 6.29. The molecule has 0 spiro atoms. The van der Waals surface area contributed by atoms with E-state index in [1.165, 1.54) is 4.90 Å². The van der Waals surface area contributed by atoms with Crippen molar-refractivity contribution in [3.63, 3.8) is 0 Å². The molecule has 0 bridgehead atoms. The number of ether oxygens (including phenoxy) is 1. The van der Waals surface area contributed by atoms with E-state index in [0.29, 0.717) is 13.0 Å². The highest BCUT2D eigenvalue weighted by molar-refractivity contribution is 5.92. The maximum absolute atomic E-state index is 12.5. The molecule has 1 heterocycles. The van der Waals surface area contributed by atoms with Crippen molar-refractivity contribution in [3.05, 3.63) is 35.9 Å². The van der Waals surface area contributed by atoms with Gasteiger partial charge < -0.3 is 14.7 Å². The number of carbonyl (C=O) groups excluding carboxylic acids is 2. The molecule has 1 N–H and O–H groups in total. The third kappa shape index (κ3) is 5.46. The van der Waals surface area contributed by atoms with Gasteiger partial charge in [0, 0.05) is 13.0 Å². The third-order valence-electron chi connectivity index (χ3n) is 4.38. The zero-order valence-electron chi connectivity index (χ0n) is 14.8. The minimum Gasteiger partial charge on any atom is -0.444 e. The van der Waals surface area contributed by atoms with Crippen LogP contribution in [0.4, 0.5) is 9.59 Å². The van der Waals surface area contributed by atoms with Crippen molar-refractivity contribution in [2.75, 3.05) is 19.7 Å². The van der Waals surface area contributed by atoms with E-state index in [-0.39, 0.29) is 19.8 Å². The molecule has 0 saturated carbocycles. The molecule has 2 rings (SSSR count). The van der Waals surface area contributed by atoms with Gasteiger partial charge in [0.1, 0.15) is 6.61 Å². The van der Waals surface area contributed by atoms with Crippen LogP contribution in [0.2, 0.25) is 0 Å². The summed E-state index contributed by atoms with van der Waals surface area (Å²) in [6.45, 7) is 0.533. The molecule has 0 radical (unpaired) electrons. The van der Waals surface area contributed by atoms with Gasteiger partial charge in [-0.15, -0.1) is 0 Å². The van der Waals surface area contributed by atoms with Crippen LogP contribution in [0.1, 0.15) is 37.7 Å². The van der Waals surface area contributed by atoms with Gasteiger partial charge in [0.2, 0.25) is 0 Å². The summed E-state index contributed by atoms with van der Waals surface area (Å²) >= 11 is 0. The van der Waals surface area contributed by atoms with E-state index in [1.807, 2.05) is 30.3 Å². The van der Waals surface area contributed by atoms with E-state index in [0.717, 1.165) is 36.1 Å². The number of carbonyl (C=O) groups is 2. The van der Waals surface area contributed by atoms with E-state index >= 15 is 0 Å². The molecular weight excluding hydrogens is 334 g/mol. The molecule has 1 aromatic carbocycles. The number of imide groups is 1. The molecular formula is C19H25N3O4. The largest absolute Gasteiger partial charge is 0.444 e. The molecule has 3 amide bonds. The van der Waals surface area contributed by atoms with Crippen LogP contribution in [0.15, 0.2) is 30.3 Å². The molecule has 1 saturated heterocycles. The van der Waals surface area contributed by atoms with Gasteiger partial charge in [0.15, 0.2) is 0 Å². The lowest BCUT2D eigenvalue weighted by Gasteiger charge is -2.21. The molecule has 140 valence electrons. The maximum Gasteiger partial charge on any atom is 0.418 e. The Balaban J connectivity index is 1.81. The number of hydrogen-bond donors (Lipinski definition) is 1. The first-order valence-corrected chi connectivity index (χ1v) is 8.94. The monoisotopic (exact) mass is 359 g/mol. The van der Waals surface area contributed by atoms with Gasteiger partial charge in [0.25, 0.3) is 0 Å². The Kier molecular flexibility index (Phi) is 7.90. The smallest absolute Gasteiger partial charge is 0.418 e. The molecule has 0 aliphatic carbocycles. The van der Waals surface area contributed by atoms with E-state index < -0.39 is 18.2 Å². The predicted octanol–water partition coefficient (Wildman–Crippen LogP) is 2.90. The Morgan fingerprint density at radius 2 is 1.96 bits per heavy atom. The fourth-order valence-corrected chi connectivity index (χ4v) is 2.92. The predicted molar refractivity (Wildman–Crippen MR) is 95.0 cm³/mol. The van der Waals surface area contributed by atoms with Crippen molar-refractivity contribution in [1.29, 1.82) is 5.26 Å². The highest BCUT2D eigenvalue weighted by Gasteiger charge is 2.40. The number of nitriles is 1. The molecule has 1 aliphatic rings. The zero-order chi connectivity index (χ0) is 18.8. The quantitative estimate of drug-likeness (QED) is 0.684. The minimum absolute atomic E-state index is 0.103. The van der Waals surface area contributed by atoms with Gasteiger partial charge in [-0.25, -0.2) is 14.5 Å². The van der Waals surface area contributed by atoms with Gasteiger partial charge in [-0.1, -0.05) is 43.2 Å². The van der Waals surface area contributed by atoms with E-state index in [2.05, 4.69) is 6.07 Å². The summed E-state index contributed by atoms with van der Waals surface area (Å²) in [7, 11) is 0. The summed E-state index contributed by atoms with van der Waals surface area (Å²) in [6.07, 6.45) is 3.33. The molecule has 1 aliphatic heterocycles. The molecule has 0 aromatic heterocycles. The Morgan fingerprint density at radius 1 is 1.23 bits per heavy atom. The van der Waals surface area contributed by atoms with Crippen LogP contribution in [-0.4, -0.2) is 52.8 Å². The van der Waals surface area contributed by atoms with E-state index in [9.17, 15) is 14.7 Å². The van der Waals surface area contributed by atoms with Gasteiger partial charge in [0.05, 0.1) is 25.3 Å². The van der Waals surface area contributed by atoms with Crippen LogP contribution in [0.25, 0.3) is 0 Å². The maximum atomic E-state index is 12.5. The molecule has 1 atom stereocenters. The number of aliphatic hydroxyl groups is 1. The topological polar surface area (TPSA) is 93.9 Å². The molecule has 7 nitrogen and oxygen atoms in total. The van der Waals surface area contributed by atoms with Crippen LogP contribution < -0.4 is 0 Å². The summed E-state index contributed by atoms with van der Waals surface area (Å²) in [5, 5.41) is 18.0. The fourth-order valence-electron chi connectivity index (χ4n) is 2.92. The van der Waals surface area contributed by atoms with Crippen LogP contribution >= 0.6 is 0 Å². The molecule has 26 heavy (non-hydrogen) atoms. The first kappa shape index (κ1) is 19.7. The van der Waals surface area contributed by atoms with Crippen molar-refractivity contribution < 1.29 is 19.4 Å². The second-order valence-corrected chi connectivity index (χ2v) is 6.29. The number of benzene rings is 1. The molecule has 0 unspecified atom stereocenters. The highest BCUT2D eigenvalue weighted by Crippen LogP contribution is 2.19. The summed E-state index contributed by atoms with van der Waals surface area (Å²) in [5.74, 6) is 0. The van der Waals surface area contributed by atoms with Gasteiger partial charge >= 0.3 is 12.1 Å². The van der Waals surface area contributed by atoms with Gasteiger partial charge in [-0.3, -0.25) is 0 Å². The lowest BCUT2D eigenvalue weighted by molar-refractivity contribution is 0.108. The first-order chi connectivity index (χ1) is 12.7. The average Bonchev–Trinajstić information content (AvgIpc) is 2.99. The SMILES string of the molecule is N#CCCCCCCN1C(=O)N(C(=O)OCc2ccccc2)C[C@@H]1CO. The van der Waals surface area contributed by atoms with E-state index in [1.54, 1.807) is 0 Å². The lowest BCUT2D eigenvalue weighted by Crippen LogP contribution is -2.38. The molecule has 7 heteroatoms. The molecule has 1 aromatic rings. The lowest BCUT2D eigenvalue weighted by atomic mass is 10.1. The Morgan fingerprint density at radius 3 is 2.65 bits per heavy atom. The Hall–Kier alpha value is -2.59. The number of hydrogen-bond acceptors (Lipinski definition) is 5. The van der Waals surface area contributed by atoms with Crippen LogP contribution in [-0.2, 0) is 11.3 Å². The number of aliphatic hydroxyl groups excluding tert-OH is 1. The summed E-state index contributed by atoms with van der Waals surface area (Å²) < 4.78 is 5.22. The van der Waals surface area contributed by atoms with Gasteiger partial charge in [-0.05, 0) is 18.4 Å². The number of unbranched alkanes of at least 4 members (excludes halogenated alkanes) is 4. The fraction of sp³-hybridized carbons (Fsp3) is 0.526. The molecule has 1 fully saturated rings. The second kappa shape index (κ2) is 10.4. The minimum atomic E-state index is -0.686. The Bertz CT molecular complexity index is 629. The van der Waals surface area contributed by atoms with Crippen LogP contribution in [0, 0.1) is 11.3 Å². The van der Waals surface area contributed by atoms with Crippen LogP contribution in [0.3, 0.4) is 0 Å². The van der Waals surface area contributed by atoms with Crippen LogP contribution in [0.5, 0.6) is 0 Å². The number of amides is 3. The standard InChI is InChI=1S/C19H25N3O4/c20-11-7-2-1-3-8-12-21-17(14-23)13-22(18(21)24)19(25)26-15-16-9-5-4-6-10-16/h4-6,9-10,17,23H,1-3,7-8,12-15H2/t17-/m1/s1. The van der Waals surface area contributed by atoms with Crippen molar-refractivity contribution in [1.82, 2.24) is 9.80 Å². The van der Waals surface area contributed by atoms with Crippen molar-refractivity contribution in [2.45, 2.75) is 44.8 Å². The first-order valence-electron chi connectivity index (χ1n) is 8.94. The summed E-state index contributed by atoms with van der Waals surface area (Å²) in [5.41, 5.74) is 0.848. The van der Waals surface area contributed by atoms with E-state index in [4.69, 9.17) is 10.00 Å². The summed E-state index contributed by atoms with van der Waals surface area (Å²) in [4.78, 5) is 27.3.